The predicted molar refractivity (Wildman–Crippen MR) is 124 cm³/mol. The lowest BCUT2D eigenvalue weighted by Gasteiger charge is -2.27. The van der Waals surface area contributed by atoms with Gasteiger partial charge in [0.2, 0.25) is 0 Å². The van der Waals surface area contributed by atoms with Crippen LogP contribution in [0.3, 0.4) is 0 Å². The number of piperazine rings is 1. The molecule has 1 aliphatic rings. The molecule has 8 heteroatoms. The quantitative estimate of drug-likeness (QED) is 0.457. The highest BCUT2D eigenvalue weighted by molar-refractivity contribution is 9.10. The number of phenolic OH excluding ortho intramolecular Hbond substituents is 1. The molecule has 158 valence electrons. The van der Waals surface area contributed by atoms with Crippen molar-refractivity contribution in [1.29, 1.82) is 0 Å². The molecule has 1 fully saturated rings. The van der Waals surface area contributed by atoms with E-state index in [1.165, 1.54) is 0 Å². The number of benzene rings is 2. The van der Waals surface area contributed by atoms with Crippen molar-refractivity contribution < 1.29 is 5.11 Å². The molecular formula is C23H23BrN6O. The van der Waals surface area contributed by atoms with Crippen molar-refractivity contribution in [2.45, 2.75) is 13.1 Å². The molecule has 1 aliphatic heterocycles. The topological polar surface area (TPSA) is 79.1 Å². The summed E-state index contributed by atoms with van der Waals surface area (Å²) in [4.78, 5) is 8.51. The average Bonchev–Trinajstić information content (AvgIpc) is 3.27. The molecule has 0 amide bonds. The summed E-state index contributed by atoms with van der Waals surface area (Å²) in [5, 5.41) is 24.3. The third-order valence-corrected chi connectivity index (χ3v) is 6.15. The van der Waals surface area contributed by atoms with Crippen LogP contribution in [0.5, 0.6) is 5.75 Å². The molecule has 0 atom stereocenters. The van der Waals surface area contributed by atoms with Crippen LogP contribution in [0.15, 0.2) is 59.3 Å². The molecule has 3 heterocycles. The number of aromatic hydroxyl groups is 1. The van der Waals surface area contributed by atoms with E-state index >= 15 is 0 Å². The fraction of sp³-hybridized carbons (Fsp3) is 0.261. The molecule has 0 saturated carbocycles. The molecule has 2 aromatic heterocycles. The molecule has 0 spiro atoms. The van der Waals surface area contributed by atoms with E-state index in [1.54, 1.807) is 17.2 Å². The Hall–Kier alpha value is -2.81. The summed E-state index contributed by atoms with van der Waals surface area (Å²) in [6.07, 6.45) is 3.50. The Morgan fingerprint density at radius 1 is 1.03 bits per heavy atom. The Balaban J connectivity index is 1.47. The molecule has 31 heavy (non-hydrogen) atoms. The van der Waals surface area contributed by atoms with Crippen LogP contribution >= 0.6 is 15.9 Å². The van der Waals surface area contributed by atoms with Crippen LogP contribution in [0.25, 0.3) is 22.2 Å². The third kappa shape index (κ3) is 4.32. The van der Waals surface area contributed by atoms with Crippen LogP contribution in [-0.2, 0) is 13.1 Å². The summed E-state index contributed by atoms with van der Waals surface area (Å²) >= 11 is 3.46. The highest BCUT2D eigenvalue weighted by Gasteiger charge is 2.17. The minimum atomic E-state index is 0.266. The number of hydrogen-bond acceptors (Lipinski definition) is 6. The molecule has 5 rings (SSSR count). The molecule has 4 aromatic rings. The highest BCUT2D eigenvalue weighted by Crippen LogP contribution is 2.31. The van der Waals surface area contributed by atoms with Crippen molar-refractivity contribution in [3.8, 4) is 17.0 Å². The standard InChI is InChI=1S/C23H23BrN6O/c24-19-5-3-16(4-6-19)21-13-27-30(28-21)15-17-12-18(14-29-10-8-25-9-11-29)23(31)22-20(17)2-1-7-26-22/h1-7,12-13,25,31H,8-11,14-15H2. The first-order valence-corrected chi connectivity index (χ1v) is 11.1. The van der Waals surface area contributed by atoms with Gasteiger partial charge in [0, 0.05) is 59.9 Å². The number of aromatic nitrogens is 4. The minimum Gasteiger partial charge on any atom is -0.505 e. The number of nitrogens with one attached hydrogen (secondary N) is 1. The first-order valence-electron chi connectivity index (χ1n) is 10.3. The monoisotopic (exact) mass is 478 g/mol. The van der Waals surface area contributed by atoms with Gasteiger partial charge in [-0.3, -0.25) is 9.88 Å². The van der Waals surface area contributed by atoms with E-state index in [4.69, 9.17) is 0 Å². The number of hydrogen-bond donors (Lipinski definition) is 2. The van der Waals surface area contributed by atoms with Crippen LogP contribution in [0, 0.1) is 0 Å². The van der Waals surface area contributed by atoms with E-state index in [0.717, 1.165) is 58.4 Å². The van der Waals surface area contributed by atoms with Gasteiger partial charge in [-0.2, -0.15) is 15.0 Å². The molecule has 1 saturated heterocycles. The number of rotatable bonds is 5. The Bertz CT molecular complexity index is 1200. The Labute approximate surface area is 188 Å². The van der Waals surface area contributed by atoms with E-state index in [2.05, 4.69) is 47.4 Å². The average molecular weight is 479 g/mol. The van der Waals surface area contributed by atoms with Crippen LogP contribution in [0.2, 0.25) is 0 Å². The van der Waals surface area contributed by atoms with E-state index in [-0.39, 0.29) is 5.75 Å². The molecule has 2 N–H and O–H groups in total. The molecule has 0 unspecified atom stereocenters. The fourth-order valence-corrected chi connectivity index (χ4v) is 4.27. The largest absolute Gasteiger partial charge is 0.505 e. The molecule has 0 radical (unpaired) electrons. The van der Waals surface area contributed by atoms with Gasteiger partial charge in [0.1, 0.15) is 17.0 Å². The van der Waals surface area contributed by atoms with Gasteiger partial charge in [-0.25, -0.2) is 0 Å². The zero-order valence-corrected chi connectivity index (χ0v) is 18.6. The van der Waals surface area contributed by atoms with E-state index < -0.39 is 0 Å². The van der Waals surface area contributed by atoms with Crippen molar-refractivity contribution in [3.63, 3.8) is 0 Å². The summed E-state index contributed by atoms with van der Waals surface area (Å²) in [5.41, 5.74) is 4.42. The summed E-state index contributed by atoms with van der Waals surface area (Å²) in [7, 11) is 0. The number of fused-ring (bicyclic) bond motifs is 1. The second-order valence-electron chi connectivity index (χ2n) is 7.74. The molecular weight excluding hydrogens is 456 g/mol. The first-order chi connectivity index (χ1) is 15.2. The van der Waals surface area contributed by atoms with Crippen LogP contribution in [0.4, 0.5) is 0 Å². The Morgan fingerprint density at radius 2 is 1.84 bits per heavy atom. The van der Waals surface area contributed by atoms with Crippen molar-refractivity contribution in [2.75, 3.05) is 26.2 Å². The maximum Gasteiger partial charge on any atom is 0.146 e. The third-order valence-electron chi connectivity index (χ3n) is 5.62. The summed E-state index contributed by atoms with van der Waals surface area (Å²) in [6, 6.07) is 14.0. The van der Waals surface area contributed by atoms with E-state index in [1.807, 2.05) is 36.4 Å². The first kappa shape index (κ1) is 20.1. The van der Waals surface area contributed by atoms with Crippen LogP contribution in [0.1, 0.15) is 11.1 Å². The van der Waals surface area contributed by atoms with Gasteiger partial charge in [0.25, 0.3) is 0 Å². The second-order valence-corrected chi connectivity index (χ2v) is 8.65. The summed E-state index contributed by atoms with van der Waals surface area (Å²) in [5.74, 6) is 0.266. The van der Waals surface area contributed by atoms with Crippen molar-refractivity contribution in [3.05, 3.63) is 70.5 Å². The predicted octanol–water partition coefficient (Wildman–Crippen LogP) is 3.41. The zero-order valence-electron chi connectivity index (χ0n) is 17.0. The van der Waals surface area contributed by atoms with Gasteiger partial charge in [0.15, 0.2) is 0 Å². The van der Waals surface area contributed by atoms with Crippen molar-refractivity contribution >= 4 is 26.8 Å². The minimum absolute atomic E-state index is 0.266. The van der Waals surface area contributed by atoms with Crippen LogP contribution in [-0.4, -0.2) is 56.2 Å². The van der Waals surface area contributed by atoms with Gasteiger partial charge < -0.3 is 10.4 Å². The summed E-state index contributed by atoms with van der Waals surface area (Å²) < 4.78 is 1.03. The SMILES string of the molecule is Oc1c(CN2CCNCC2)cc(Cn2ncc(-c3ccc(Br)cc3)n2)c2cccnc12. The van der Waals surface area contributed by atoms with Gasteiger partial charge in [-0.05, 0) is 29.8 Å². The van der Waals surface area contributed by atoms with Crippen molar-refractivity contribution in [2.24, 2.45) is 0 Å². The lowest BCUT2D eigenvalue weighted by molar-refractivity contribution is 0.230. The number of phenols is 1. The van der Waals surface area contributed by atoms with Gasteiger partial charge in [-0.1, -0.05) is 34.1 Å². The number of halogens is 1. The fourth-order valence-electron chi connectivity index (χ4n) is 4.00. The zero-order chi connectivity index (χ0) is 21.2. The van der Waals surface area contributed by atoms with Gasteiger partial charge >= 0.3 is 0 Å². The van der Waals surface area contributed by atoms with Gasteiger partial charge in [0.05, 0.1) is 12.7 Å². The second kappa shape index (κ2) is 8.74. The lowest BCUT2D eigenvalue weighted by atomic mass is 10.0. The van der Waals surface area contributed by atoms with E-state index in [9.17, 15) is 5.11 Å². The van der Waals surface area contributed by atoms with Crippen LogP contribution < -0.4 is 5.32 Å². The number of pyridine rings is 1. The van der Waals surface area contributed by atoms with E-state index in [0.29, 0.717) is 18.6 Å². The highest BCUT2D eigenvalue weighted by atomic mass is 79.9. The Kier molecular flexibility index (Phi) is 5.67. The molecule has 7 nitrogen and oxygen atoms in total. The molecule has 0 aliphatic carbocycles. The number of nitrogens with zero attached hydrogens (tertiary/aromatic N) is 5. The molecule has 2 aromatic carbocycles. The Morgan fingerprint density at radius 3 is 2.65 bits per heavy atom. The lowest BCUT2D eigenvalue weighted by Crippen LogP contribution is -2.42. The smallest absolute Gasteiger partial charge is 0.146 e. The summed E-state index contributed by atoms with van der Waals surface area (Å²) in [6.45, 7) is 5.07. The van der Waals surface area contributed by atoms with Crippen molar-refractivity contribution in [1.82, 2.24) is 30.2 Å². The molecule has 0 bridgehead atoms. The van der Waals surface area contributed by atoms with Gasteiger partial charge in [-0.15, -0.1) is 0 Å². The normalized spacial score (nSPS) is 14.9. The maximum absolute atomic E-state index is 10.9. The maximum atomic E-state index is 10.9.